The standard InChI is InChI=1S/C14H30N2/c1-4-8-16-9-7-14(12-16)11-15-10-13(5-2)6-3/h13-15H,4-12H2,1-3H3. The van der Waals surface area contributed by atoms with E-state index in [0.29, 0.717) is 0 Å². The fourth-order valence-corrected chi connectivity index (χ4v) is 2.67. The normalized spacial score (nSPS) is 22.1. The molecule has 1 atom stereocenters. The van der Waals surface area contributed by atoms with Gasteiger partial charge in [0.25, 0.3) is 0 Å². The molecule has 0 aliphatic carbocycles. The average Bonchev–Trinajstić information content (AvgIpc) is 2.73. The van der Waals surface area contributed by atoms with E-state index < -0.39 is 0 Å². The van der Waals surface area contributed by atoms with Gasteiger partial charge in [0, 0.05) is 6.54 Å². The van der Waals surface area contributed by atoms with E-state index in [0.717, 1.165) is 11.8 Å². The SMILES string of the molecule is CCCN1CCC(CNCC(CC)CC)C1. The van der Waals surface area contributed by atoms with E-state index in [2.05, 4.69) is 31.0 Å². The number of hydrogen-bond donors (Lipinski definition) is 1. The van der Waals surface area contributed by atoms with Gasteiger partial charge in [0.2, 0.25) is 0 Å². The third kappa shape index (κ3) is 4.84. The van der Waals surface area contributed by atoms with Crippen molar-refractivity contribution in [2.45, 2.75) is 46.5 Å². The molecule has 16 heavy (non-hydrogen) atoms. The molecule has 1 aliphatic rings. The van der Waals surface area contributed by atoms with Crippen molar-refractivity contribution in [1.29, 1.82) is 0 Å². The highest BCUT2D eigenvalue weighted by molar-refractivity contribution is 4.77. The molecule has 0 spiro atoms. The molecule has 0 aromatic heterocycles. The molecule has 0 aromatic rings. The van der Waals surface area contributed by atoms with Crippen LogP contribution in [0.2, 0.25) is 0 Å². The second-order valence-corrected chi connectivity index (χ2v) is 5.30. The van der Waals surface area contributed by atoms with Crippen molar-refractivity contribution in [2.24, 2.45) is 11.8 Å². The van der Waals surface area contributed by atoms with Gasteiger partial charge in [0.1, 0.15) is 0 Å². The second kappa shape index (κ2) is 8.08. The summed E-state index contributed by atoms with van der Waals surface area (Å²) in [7, 11) is 0. The van der Waals surface area contributed by atoms with E-state index in [1.54, 1.807) is 0 Å². The summed E-state index contributed by atoms with van der Waals surface area (Å²) in [4.78, 5) is 2.61. The molecule has 0 saturated carbocycles. The van der Waals surface area contributed by atoms with Gasteiger partial charge in [-0.25, -0.2) is 0 Å². The Bertz CT molecular complexity index is 166. The first kappa shape index (κ1) is 14.0. The van der Waals surface area contributed by atoms with Gasteiger partial charge >= 0.3 is 0 Å². The zero-order valence-electron chi connectivity index (χ0n) is 11.5. The molecular weight excluding hydrogens is 196 g/mol. The highest BCUT2D eigenvalue weighted by Crippen LogP contribution is 2.15. The van der Waals surface area contributed by atoms with Gasteiger partial charge in [-0.1, -0.05) is 33.6 Å². The van der Waals surface area contributed by atoms with E-state index in [1.165, 1.54) is 58.4 Å². The predicted molar refractivity (Wildman–Crippen MR) is 71.8 cm³/mol. The van der Waals surface area contributed by atoms with Gasteiger partial charge in [0.05, 0.1) is 0 Å². The third-order valence-corrected chi connectivity index (χ3v) is 3.93. The van der Waals surface area contributed by atoms with Gasteiger partial charge in [-0.05, 0) is 50.9 Å². The minimum Gasteiger partial charge on any atom is -0.316 e. The summed E-state index contributed by atoms with van der Waals surface area (Å²) < 4.78 is 0. The minimum atomic E-state index is 0.883. The summed E-state index contributed by atoms with van der Waals surface area (Å²) >= 11 is 0. The first-order chi connectivity index (χ1) is 7.80. The predicted octanol–water partition coefficient (Wildman–Crippen LogP) is 2.74. The monoisotopic (exact) mass is 226 g/mol. The van der Waals surface area contributed by atoms with Crippen molar-refractivity contribution in [1.82, 2.24) is 10.2 Å². The molecule has 1 rings (SSSR count). The van der Waals surface area contributed by atoms with E-state index in [-0.39, 0.29) is 0 Å². The number of rotatable bonds is 8. The summed E-state index contributed by atoms with van der Waals surface area (Å²) in [6.45, 7) is 13.3. The number of nitrogens with one attached hydrogen (secondary N) is 1. The molecule has 1 unspecified atom stereocenters. The number of hydrogen-bond acceptors (Lipinski definition) is 2. The highest BCUT2D eigenvalue weighted by Gasteiger charge is 2.21. The van der Waals surface area contributed by atoms with Crippen molar-refractivity contribution in [2.75, 3.05) is 32.7 Å². The van der Waals surface area contributed by atoms with Crippen LogP contribution < -0.4 is 5.32 Å². The smallest absolute Gasteiger partial charge is 0.00223 e. The van der Waals surface area contributed by atoms with E-state index in [4.69, 9.17) is 0 Å². The molecule has 0 radical (unpaired) electrons. The lowest BCUT2D eigenvalue weighted by Gasteiger charge is -2.17. The molecular formula is C14H30N2. The Balaban J connectivity index is 2.06. The van der Waals surface area contributed by atoms with Crippen LogP contribution >= 0.6 is 0 Å². The van der Waals surface area contributed by atoms with Crippen LogP contribution in [0.3, 0.4) is 0 Å². The van der Waals surface area contributed by atoms with Crippen molar-refractivity contribution in [3.05, 3.63) is 0 Å². The van der Waals surface area contributed by atoms with Crippen molar-refractivity contribution in [3.63, 3.8) is 0 Å². The lowest BCUT2D eigenvalue weighted by Crippen LogP contribution is -2.30. The van der Waals surface area contributed by atoms with E-state index in [9.17, 15) is 0 Å². The van der Waals surface area contributed by atoms with Gasteiger partial charge in [-0.3, -0.25) is 0 Å². The zero-order chi connectivity index (χ0) is 11.8. The molecule has 0 aromatic carbocycles. The van der Waals surface area contributed by atoms with Gasteiger partial charge < -0.3 is 10.2 Å². The molecule has 1 fully saturated rings. The molecule has 0 amide bonds. The largest absolute Gasteiger partial charge is 0.316 e. The first-order valence-corrected chi connectivity index (χ1v) is 7.23. The maximum Gasteiger partial charge on any atom is 0.00223 e. The van der Waals surface area contributed by atoms with Gasteiger partial charge in [0.15, 0.2) is 0 Å². The molecule has 1 N–H and O–H groups in total. The van der Waals surface area contributed by atoms with Crippen LogP contribution in [0.15, 0.2) is 0 Å². The zero-order valence-corrected chi connectivity index (χ0v) is 11.5. The van der Waals surface area contributed by atoms with Crippen LogP contribution in [0.1, 0.15) is 46.5 Å². The van der Waals surface area contributed by atoms with Crippen LogP contribution in [0, 0.1) is 11.8 Å². The van der Waals surface area contributed by atoms with Crippen molar-refractivity contribution in [3.8, 4) is 0 Å². The molecule has 1 saturated heterocycles. The first-order valence-electron chi connectivity index (χ1n) is 7.23. The molecule has 1 heterocycles. The summed E-state index contributed by atoms with van der Waals surface area (Å²) in [5.41, 5.74) is 0. The fourth-order valence-electron chi connectivity index (χ4n) is 2.67. The Morgan fingerprint density at radius 1 is 1.25 bits per heavy atom. The summed E-state index contributed by atoms with van der Waals surface area (Å²) in [6, 6.07) is 0. The van der Waals surface area contributed by atoms with Crippen LogP contribution in [0.4, 0.5) is 0 Å². The van der Waals surface area contributed by atoms with Gasteiger partial charge in [-0.15, -0.1) is 0 Å². The lowest BCUT2D eigenvalue weighted by atomic mass is 10.0. The molecule has 2 heteroatoms. The third-order valence-electron chi connectivity index (χ3n) is 3.93. The Kier molecular flexibility index (Phi) is 7.06. The Morgan fingerprint density at radius 2 is 2.00 bits per heavy atom. The lowest BCUT2D eigenvalue weighted by molar-refractivity contribution is 0.320. The maximum atomic E-state index is 3.67. The Morgan fingerprint density at radius 3 is 2.62 bits per heavy atom. The fraction of sp³-hybridized carbons (Fsp3) is 1.00. The molecule has 2 nitrogen and oxygen atoms in total. The van der Waals surface area contributed by atoms with Crippen LogP contribution in [0.25, 0.3) is 0 Å². The summed E-state index contributed by atoms with van der Waals surface area (Å²) in [6.07, 6.45) is 5.33. The van der Waals surface area contributed by atoms with E-state index in [1.807, 2.05) is 0 Å². The Hall–Kier alpha value is -0.0800. The topological polar surface area (TPSA) is 15.3 Å². The molecule has 96 valence electrons. The quantitative estimate of drug-likeness (QED) is 0.684. The number of nitrogens with zero attached hydrogens (tertiary/aromatic N) is 1. The Labute approximate surface area is 102 Å². The molecule has 1 aliphatic heterocycles. The van der Waals surface area contributed by atoms with Crippen LogP contribution in [0.5, 0.6) is 0 Å². The van der Waals surface area contributed by atoms with Crippen molar-refractivity contribution < 1.29 is 0 Å². The summed E-state index contributed by atoms with van der Waals surface area (Å²) in [5.74, 6) is 1.79. The minimum absolute atomic E-state index is 0.883. The van der Waals surface area contributed by atoms with Crippen molar-refractivity contribution >= 4 is 0 Å². The van der Waals surface area contributed by atoms with E-state index >= 15 is 0 Å². The molecule has 0 bridgehead atoms. The average molecular weight is 226 g/mol. The van der Waals surface area contributed by atoms with Crippen LogP contribution in [-0.4, -0.2) is 37.6 Å². The maximum absolute atomic E-state index is 3.67. The van der Waals surface area contributed by atoms with Gasteiger partial charge in [-0.2, -0.15) is 0 Å². The summed E-state index contributed by atoms with van der Waals surface area (Å²) in [5, 5.41) is 3.67. The highest BCUT2D eigenvalue weighted by atomic mass is 15.1. The second-order valence-electron chi connectivity index (χ2n) is 5.30. The number of likely N-dealkylation sites (tertiary alicyclic amines) is 1. The van der Waals surface area contributed by atoms with Crippen LogP contribution in [-0.2, 0) is 0 Å².